The lowest BCUT2D eigenvalue weighted by molar-refractivity contribution is -0.116. The molecule has 7 nitrogen and oxygen atoms in total. The van der Waals surface area contributed by atoms with Gasteiger partial charge in [-0.3, -0.25) is 4.79 Å². The van der Waals surface area contributed by atoms with Gasteiger partial charge in [-0.05, 0) is 58.9 Å². The predicted octanol–water partition coefficient (Wildman–Crippen LogP) is 5.88. The van der Waals surface area contributed by atoms with Gasteiger partial charge in [0.1, 0.15) is 18.5 Å². The van der Waals surface area contributed by atoms with Gasteiger partial charge in [-0.2, -0.15) is 0 Å². The molecular weight excluding hydrogens is 484 g/mol. The summed E-state index contributed by atoms with van der Waals surface area (Å²) in [7, 11) is 0. The van der Waals surface area contributed by atoms with Crippen LogP contribution in [0.3, 0.4) is 0 Å². The van der Waals surface area contributed by atoms with Crippen LogP contribution in [0.5, 0.6) is 5.75 Å². The summed E-state index contributed by atoms with van der Waals surface area (Å²) in [6.45, 7) is 7.71. The molecule has 3 rings (SSSR count). The van der Waals surface area contributed by atoms with Crippen LogP contribution < -0.4 is 4.74 Å². The normalized spacial score (nSPS) is 11.6. The molecule has 0 spiro atoms. The molecule has 38 heavy (non-hydrogen) atoms. The summed E-state index contributed by atoms with van der Waals surface area (Å²) in [6, 6.07) is 20.0. The maximum absolute atomic E-state index is 13.5. The molecule has 1 atom stereocenters. The lowest BCUT2D eigenvalue weighted by Gasteiger charge is -2.20. The highest BCUT2D eigenvalue weighted by Crippen LogP contribution is 2.31. The van der Waals surface area contributed by atoms with E-state index in [-0.39, 0.29) is 48.9 Å². The molecule has 7 heteroatoms. The molecule has 198 valence electrons. The highest BCUT2D eigenvalue weighted by molar-refractivity contribution is 6.02. The van der Waals surface area contributed by atoms with E-state index in [1.807, 2.05) is 13.8 Å². The van der Waals surface area contributed by atoms with Crippen LogP contribution in [0.2, 0.25) is 0 Å². The topological polar surface area (TPSA) is 110 Å². The van der Waals surface area contributed by atoms with Crippen molar-refractivity contribution in [3.05, 3.63) is 102 Å². The number of aliphatic hydroxyl groups is 1. The number of allylic oxidation sites excluding steroid dienone is 1. The van der Waals surface area contributed by atoms with Crippen molar-refractivity contribution in [2.24, 2.45) is 5.92 Å². The van der Waals surface area contributed by atoms with Crippen molar-refractivity contribution >= 4 is 17.7 Å². The third-order valence-electron chi connectivity index (χ3n) is 6.14. The number of ether oxygens (including phenoxy) is 2. The van der Waals surface area contributed by atoms with Crippen LogP contribution in [0.15, 0.2) is 84.9 Å². The Hall–Kier alpha value is -4.23. The molecule has 0 bridgehead atoms. The quantitative estimate of drug-likeness (QED) is 0.216. The minimum atomic E-state index is -1.10. The van der Waals surface area contributed by atoms with E-state index in [9.17, 15) is 19.5 Å². The van der Waals surface area contributed by atoms with Crippen LogP contribution in [-0.4, -0.2) is 41.1 Å². The first-order valence-corrected chi connectivity index (χ1v) is 12.4. The third-order valence-corrected chi connectivity index (χ3v) is 6.14. The number of rotatable bonds is 13. The van der Waals surface area contributed by atoms with E-state index in [0.717, 1.165) is 0 Å². The first-order chi connectivity index (χ1) is 18.2. The lowest BCUT2D eigenvalue weighted by Crippen LogP contribution is -2.16. The van der Waals surface area contributed by atoms with Crippen LogP contribution in [-0.2, 0) is 9.53 Å². The molecule has 0 aliphatic rings. The van der Waals surface area contributed by atoms with Crippen molar-refractivity contribution in [1.29, 1.82) is 0 Å². The number of hydrogen-bond acceptors (Lipinski definition) is 6. The minimum Gasteiger partial charge on any atom is -0.491 e. The average molecular weight is 517 g/mol. The van der Waals surface area contributed by atoms with Crippen molar-refractivity contribution in [2.45, 2.75) is 32.8 Å². The van der Waals surface area contributed by atoms with E-state index in [1.54, 1.807) is 66.7 Å². The summed E-state index contributed by atoms with van der Waals surface area (Å²) in [5, 5.41) is 18.6. The fraction of sp³-hybridized carbons (Fsp3) is 0.258. The van der Waals surface area contributed by atoms with Crippen molar-refractivity contribution in [3.63, 3.8) is 0 Å². The Bertz CT molecular complexity index is 1290. The summed E-state index contributed by atoms with van der Waals surface area (Å²) >= 11 is 0. The number of ketones is 1. The van der Waals surface area contributed by atoms with Crippen LogP contribution in [0.1, 0.15) is 59.1 Å². The van der Waals surface area contributed by atoms with Crippen LogP contribution in [0.4, 0.5) is 0 Å². The zero-order valence-electron chi connectivity index (χ0n) is 21.6. The zero-order valence-corrected chi connectivity index (χ0v) is 21.6. The maximum Gasteiger partial charge on any atom is 0.339 e. The molecular formula is C31H32O7. The summed E-state index contributed by atoms with van der Waals surface area (Å²) < 4.78 is 11.4. The van der Waals surface area contributed by atoms with Gasteiger partial charge in [0.05, 0.1) is 17.7 Å². The van der Waals surface area contributed by atoms with Gasteiger partial charge < -0.3 is 19.7 Å². The standard InChI is InChI=1S/C31H32O7/c1-20(2)21(3)28(33)16-17-29(22-12-14-23(15-13-22)37-19-18-32)38-31(36)27-11-7-5-9-25(27)24-8-4-6-10-26(24)30(34)35/h4-15,20,29,32H,3,16-19H2,1-2H3,(H,34,35)/t29-/m1/s1. The number of aromatic carboxylic acids is 1. The van der Waals surface area contributed by atoms with Gasteiger partial charge in [0.15, 0.2) is 5.78 Å². The smallest absolute Gasteiger partial charge is 0.339 e. The second-order valence-corrected chi connectivity index (χ2v) is 9.07. The highest BCUT2D eigenvalue weighted by atomic mass is 16.5. The third kappa shape index (κ3) is 7.17. The number of carbonyl (C=O) groups is 3. The summed E-state index contributed by atoms with van der Waals surface area (Å²) in [6.07, 6.45) is -0.372. The van der Waals surface area contributed by atoms with E-state index in [4.69, 9.17) is 14.6 Å². The fourth-order valence-corrected chi connectivity index (χ4v) is 3.97. The SMILES string of the molecule is C=C(C(=O)CC[C@@H](OC(=O)c1ccccc1-c1ccccc1C(=O)O)c1ccc(OCCO)cc1)C(C)C. The van der Waals surface area contributed by atoms with E-state index in [0.29, 0.717) is 28.0 Å². The predicted molar refractivity (Wildman–Crippen MR) is 144 cm³/mol. The molecule has 0 heterocycles. The Balaban J connectivity index is 1.92. The second-order valence-electron chi connectivity index (χ2n) is 9.07. The van der Waals surface area contributed by atoms with Gasteiger partial charge >= 0.3 is 11.9 Å². The summed E-state index contributed by atoms with van der Waals surface area (Å²) in [4.78, 5) is 37.9. The van der Waals surface area contributed by atoms with Gasteiger partial charge in [-0.1, -0.05) is 69.0 Å². The lowest BCUT2D eigenvalue weighted by atomic mass is 9.94. The van der Waals surface area contributed by atoms with E-state index in [1.165, 1.54) is 6.07 Å². The summed E-state index contributed by atoms with van der Waals surface area (Å²) in [5.41, 5.74) is 2.30. The molecule has 0 aromatic heterocycles. The molecule has 2 N–H and O–H groups in total. The zero-order chi connectivity index (χ0) is 27.7. The molecule has 0 amide bonds. The molecule has 3 aromatic carbocycles. The molecule has 0 aliphatic carbocycles. The Morgan fingerprint density at radius 2 is 1.45 bits per heavy atom. The van der Waals surface area contributed by atoms with Crippen molar-refractivity contribution < 1.29 is 34.1 Å². The van der Waals surface area contributed by atoms with Gasteiger partial charge in [0.2, 0.25) is 0 Å². The van der Waals surface area contributed by atoms with Crippen LogP contribution in [0.25, 0.3) is 11.1 Å². The Morgan fingerprint density at radius 3 is 2.03 bits per heavy atom. The highest BCUT2D eigenvalue weighted by Gasteiger charge is 2.24. The number of aliphatic hydroxyl groups excluding tert-OH is 1. The molecule has 0 saturated carbocycles. The van der Waals surface area contributed by atoms with Crippen molar-refractivity contribution in [2.75, 3.05) is 13.2 Å². The number of carboxylic acid groups (broad SMARTS) is 1. The Morgan fingerprint density at radius 1 is 0.868 bits per heavy atom. The number of esters is 1. The summed E-state index contributed by atoms with van der Waals surface area (Å²) in [5.74, 6) is -1.28. The monoisotopic (exact) mass is 516 g/mol. The molecule has 0 radical (unpaired) electrons. The number of carboxylic acids is 1. The van der Waals surface area contributed by atoms with Gasteiger partial charge in [-0.25, -0.2) is 9.59 Å². The second kappa shape index (κ2) is 13.4. The molecule has 3 aromatic rings. The Labute approximate surface area is 222 Å². The molecule has 0 aliphatic heterocycles. The van der Waals surface area contributed by atoms with Gasteiger partial charge in [-0.15, -0.1) is 0 Å². The number of benzene rings is 3. The van der Waals surface area contributed by atoms with E-state index in [2.05, 4.69) is 6.58 Å². The number of Topliss-reactive ketones (excluding diaryl/α,β-unsaturated/α-hetero) is 1. The average Bonchev–Trinajstić information content (AvgIpc) is 2.93. The van der Waals surface area contributed by atoms with E-state index >= 15 is 0 Å². The van der Waals surface area contributed by atoms with E-state index < -0.39 is 18.0 Å². The number of hydrogen-bond donors (Lipinski definition) is 2. The molecule has 0 unspecified atom stereocenters. The van der Waals surface area contributed by atoms with Gasteiger partial charge in [0, 0.05) is 6.42 Å². The Kier molecular flexibility index (Phi) is 9.96. The first kappa shape index (κ1) is 28.3. The molecule has 0 saturated heterocycles. The van der Waals surface area contributed by atoms with Gasteiger partial charge in [0.25, 0.3) is 0 Å². The van der Waals surface area contributed by atoms with Crippen LogP contribution >= 0.6 is 0 Å². The molecule has 0 fully saturated rings. The largest absolute Gasteiger partial charge is 0.491 e. The fourth-order valence-electron chi connectivity index (χ4n) is 3.97. The van der Waals surface area contributed by atoms with Crippen LogP contribution in [0, 0.1) is 5.92 Å². The van der Waals surface area contributed by atoms with Crippen molar-refractivity contribution in [3.8, 4) is 16.9 Å². The van der Waals surface area contributed by atoms with Crippen molar-refractivity contribution in [1.82, 2.24) is 0 Å². The number of carbonyl (C=O) groups excluding carboxylic acids is 2. The minimum absolute atomic E-state index is 0.00707. The maximum atomic E-state index is 13.5. The first-order valence-electron chi connectivity index (χ1n) is 12.4.